The van der Waals surface area contributed by atoms with E-state index in [0.29, 0.717) is 11.9 Å². The number of benzene rings is 1. The molecule has 2 aromatic rings. The van der Waals surface area contributed by atoms with Crippen molar-refractivity contribution in [1.82, 2.24) is 15.5 Å². The fourth-order valence-corrected chi connectivity index (χ4v) is 3.82. The lowest BCUT2D eigenvalue weighted by Gasteiger charge is -2.46. The molecule has 1 aliphatic heterocycles. The van der Waals surface area contributed by atoms with E-state index in [1.54, 1.807) is 0 Å². The Kier molecular flexibility index (Phi) is 4.36. The molecule has 0 unspecified atom stereocenters. The van der Waals surface area contributed by atoms with Crippen molar-refractivity contribution in [2.45, 2.75) is 63.7 Å². The van der Waals surface area contributed by atoms with Crippen LogP contribution in [0.5, 0.6) is 0 Å². The Bertz CT molecular complexity index is 664. The number of nitrogens with zero attached hydrogens (tertiary/aromatic N) is 2. The number of hydrogen-bond acceptors (Lipinski definition) is 6. The molecule has 2 heterocycles. The zero-order valence-corrected chi connectivity index (χ0v) is 14.8. The van der Waals surface area contributed by atoms with E-state index >= 15 is 0 Å². The summed E-state index contributed by atoms with van der Waals surface area (Å²) in [7, 11) is 0. The van der Waals surface area contributed by atoms with Crippen LogP contribution in [-0.2, 0) is 0 Å². The number of nitrogens with two attached hydrogens (primary N) is 1. The zero-order valence-electron chi connectivity index (χ0n) is 14.8. The molecule has 1 aliphatic rings. The number of aromatic nitrogens is 2. The van der Waals surface area contributed by atoms with Crippen molar-refractivity contribution in [2.75, 3.05) is 5.32 Å². The molecule has 6 heteroatoms. The Morgan fingerprint density at radius 1 is 1.12 bits per heavy atom. The van der Waals surface area contributed by atoms with Gasteiger partial charge in [-0.3, -0.25) is 0 Å². The van der Waals surface area contributed by atoms with Crippen molar-refractivity contribution in [2.24, 2.45) is 5.73 Å². The summed E-state index contributed by atoms with van der Waals surface area (Å²) in [6.45, 7) is 8.86. The molecule has 3 rings (SSSR count). The van der Waals surface area contributed by atoms with Gasteiger partial charge in [0.2, 0.25) is 5.89 Å². The third kappa shape index (κ3) is 3.94. The minimum absolute atomic E-state index is 0.0582. The first-order valence-electron chi connectivity index (χ1n) is 8.44. The zero-order chi connectivity index (χ0) is 17.4. The Balaban J connectivity index is 1.70. The van der Waals surface area contributed by atoms with E-state index in [0.717, 1.165) is 18.4 Å². The summed E-state index contributed by atoms with van der Waals surface area (Å²) in [5.41, 5.74) is 7.29. The van der Waals surface area contributed by atoms with Crippen LogP contribution in [0.25, 0.3) is 0 Å². The van der Waals surface area contributed by atoms with Gasteiger partial charge in [-0.15, -0.1) is 5.10 Å². The molecule has 0 saturated carbocycles. The number of piperidine rings is 1. The highest BCUT2D eigenvalue weighted by atomic mass is 16.4. The van der Waals surface area contributed by atoms with Gasteiger partial charge < -0.3 is 20.8 Å². The van der Waals surface area contributed by atoms with Gasteiger partial charge in [-0.05, 0) is 46.1 Å². The standard InChI is InChI=1S/C18H27N5O/c1-17(2)10-13(11-18(3,4)23-17)20-16-22-21-15(24-16)14(19)12-8-6-5-7-9-12/h5-9,13-14,23H,10-11,19H2,1-4H3,(H,20,22)/t14-/m1/s1. The minimum atomic E-state index is -0.407. The third-order valence-corrected chi connectivity index (χ3v) is 4.38. The lowest BCUT2D eigenvalue weighted by atomic mass is 9.80. The first-order valence-corrected chi connectivity index (χ1v) is 8.44. The van der Waals surface area contributed by atoms with Crippen molar-refractivity contribution in [3.8, 4) is 0 Å². The molecule has 0 aliphatic carbocycles. The van der Waals surface area contributed by atoms with Gasteiger partial charge in [0.15, 0.2) is 0 Å². The summed E-state index contributed by atoms with van der Waals surface area (Å²) in [5, 5.41) is 15.3. The molecule has 4 N–H and O–H groups in total. The van der Waals surface area contributed by atoms with E-state index in [4.69, 9.17) is 10.2 Å². The van der Waals surface area contributed by atoms with Crippen LogP contribution in [0.15, 0.2) is 34.7 Å². The Morgan fingerprint density at radius 2 is 1.75 bits per heavy atom. The van der Waals surface area contributed by atoms with Crippen molar-refractivity contribution < 1.29 is 4.42 Å². The molecule has 1 atom stereocenters. The van der Waals surface area contributed by atoms with E-state index < -0.39 is 6.04 Å². The summed E-state index contributed by atoms with van der Waals surface area (Å²) in [5.74, 6) is 0.427. The number of nitrogens with one attached hydrogen (secondary N) is 2. The SMILES string of the molecule is CC1(C)CC(Nc2nnc([C@H](N)c3ccccc3)o2)CC(C)(C)N1. The summed E-state index contributed by atoms with van der Waals surface area (Å²) in [6.07, 6.45) is 1.97. The molecule has 0 bridgehead atoms. The molecule has 0 amide bonds. The lowest BCUT2D eigenvalue weighted by Crippen LogP contribution is -2.60. The number of anilines is 1. The molecule has 1 saturated heterocycles. The molecule has 1 aromatic heterocycles. The summed E-state index contributed by atoms with van der Waals surface area (Å²) >= 11 is 0. The van der Waals surface area contributed by atoms with E-state index in [-0.39, 0.29) is 17.1 Å². The molecule has 0 spiro atoms. The topological polar surface area (TPSA) is 89.0 Å². The summed E-state index contributed by atoms with van der Waals surface area (Å²) in [4.78, 5) is 0. The number of rotatable bonds is 4. The van der Waals surface area contributed by atoms with E-state index in [1.165, 1.54) is 0 Å². The van der Waals surface area contributed by atoms with E-state index in [2.05, 4.69) is 48.5 Å². The molecule has 1 fully saturated rings. The second-order valence-corrected chi connectivity index (χ2v) is 7.98. The van der Waals surface area contributed by atoms with Gasteiger partial charge in [0, 0.05) is 17.1 Å². The van der Waals surface area contributed by atoms with Gasteiger partial charge in [0.1, 0.15) is 6.04 Å². The van der Waals surface area contributed by atoms with Gasteiger partial charge in [-0.1, -0.05) is 35.4 Å². The predicted molar refractivity (Wildman–Crippen MR) is 94.7 cm³/mol. The average Bonchev–Trinajstić information content (AvgIpc) is 2.92. The maximum Gasteiger partial charge on any atom is 0.315 e. The number of hydrogen-bond donors (Lipinski definition) is 3. The van der Waals surface area contributed by atoms with Crippen LogP contribution in [0, 0.1) is 0 Å². The largest absolute Gasteiger partial charge is 0.406 e. The molecule has 0 radical (unpaired) electrons. The Morgan fingerprint density at radius 3 is 2.38 bits per heavy atom. The quantitative estimate of drug-likeness (QED) is 0.799. The molecule has 24 heavy (non-hydrogen) atoms. The first kappa shape index (κ1) is 16.9. The maximum atomic E-state index is 6.21. The second kappa shape index (κ2) is 6.18. The highest BCUT2D eigenvalue weighted by molar-refractivity contribution is 5.26. The van der Waals surface area contributed by atoms with Crippen LogP contribution < -0.4 is 16.4 Å². The molecule has 1 aromatic carbocycles. The lowest BCUT2D eigenvalue weighted by molar-refractivity contribution is 0.169. The van der Waals surface area contributed by atoms with Crippen LogP contribution in [0.1, 0.15) is 58.0 Å². The van der Waals surface area contributed by atoms with Crippen molar-refractivity contribution >= 4 is 6.01 Å². The van der Waals surface area contributed by atoms with Crippen LogP contribution in [0.3, 0.4) is 0 Å². The van der Waals surface area contributed by atoms with Gasteiger partial charge in [-0.25, -0.2) is 0 Å². The maximum absolute atomic E-state index is 6.21. The molecule has 130 valence electrons. The fourth-order valence-electron chi connectivity index (χ4n) is 3.82. The van der Waals surface area contributed by atoms with Gasteiger partial charge in [-0.2, -0.15) is 0 Å². The monoisotopic (exact) mass is 329 g/mol. The second-order valence-electron chi connectivity index (χ2n) is 7.98. The normalized spacial score (nSPS) is 21.4. The Hall–Kier alpha value is -1.92. The highest BCUT2D eigenvalue weighted by Crippen LogP contribution is 2.30. The van der Waals surface area contributed by atoms with E-state index in [9.17, 15) is 0 Å². The summed E-state index contributed by atoms with van der Waals surface area (Å²) in [6, 6.07) is 10.1. The van der Waals surface area contributed by atoms with Gasteiger partial charge >= 0.3 is 6.01 Å². The summed E-state index contributed by atoms with van der Waals surface area (Å²) < 4.78 is 5.76. The smallest absolute Gasteiger partial charge is 0.315 e. The van der Waals surface area contributed by atoms with Gasteiger partial charge in [0.05, 0.1) is 0 Å². The van der Waals surface area contributed by atoms with Crippen LogP contribution >= 0.6 is 0 Å². The van der Waals surface area contributed by atoms with Crippen molar-refractivity contribution in [3.05, 3.63) is 41.8 Å². The first-order chi connectivity index (χ1) is 11.2. The van der Waals surface area contributed by atoms with Gasteiger partial charge in [0.25, 0.3) is 0 Å². The van der Waals surface area contributed by atoms with Crippen molar-refractivity contribution in [1.29, 1.82) is 0 Å². The molecule has 6 nitrogen and oxygen atoms in total. The fraction of sp³-hybridized carbons (Fsp3) is 0.556. The molecular formula is C18H27N5O. The van der Waals surface area contributed by atoms with Crippen LogP contribution in [0.4, 0.5) is 6.01 Å². The van der Waals surface area contributed by atoms with Crippen molar-refractivity contribution in [3.63, 3.8) is 0 Å². The van der Waals surface area contributed by atoms with Crippen LogP contribution in [-0.4, -0.2) is 27.3 Å². The average molecular weight is 329 g/mol. The van der Waals surface area contributed by atoms with E-state index in [1.807, 2.05) is 30.3 Å². The third-order valence-electron chi connectivity index (χ3n) is 4.38. The van der Waals surface area contributed by atoms with Crippen LogP contribution in [0.2, 0.25) is 0 Å². The molecular weight excluding hydrogens is 302 g/mol. The Labute approximate surface area is 143 Å². The predicted octanol–water partition coefficient (Wildman–Crippen LogP) is 2.84. The highest BCUT2D eigenvalue weighted by Gasteiger charge is 2.38. The minimum Gasteiger partial charge on any atom is -0.406 e.